The van der Waals surface area contributed by atoms with Crippen molar-refractivity contribution in [3.05, 3.63) is 98.1 Å². The van der Waals surface area contributed by atoms with Crippen molar-refractivity contribution < 1.29 is 4.79 Å². The zero-order chi connectivity index (χ0) is 23.8. The van der Waals surface area contributed by atoms with Crippen LogP contribution in [-0.4, -0.2) is 15.9 Å². The molecule has 0 saturated heterocycles. The molecule has 0 fully saturated rings. The van der Waals surface area contributed by atoms with Crippen molar-refractivity contribution in [3.63, 3.8) is 0 Å². The van der Waals surface area contributed by atoms with E-state index < -0.39 is 0 Å². The third kappa shape index (κ3) is 4.30. The highest BCUT2D eigenvalue weighted by atomic mass is 79.9. The number of nitrogens with zero attached hydrogens (tertiary/aromatic N) is 1. The quantitative estimate of drug-likeness (QED) is 0.223. The van der Waals surface area contributed by atoms with E-state index in [1.54, 1.807) is 18.2 Å². The molecule has 8 heteroatoms. The Hall–Kier alpha value is -2.90. The van der Waals surface area contributed by atoms with Crippen LogP contribution in [0.1, 0.15) is 21.5 Å². The van der Waals surface area contributed by atoms with Crippen molar-refractivity contribution in [1.82, 2.24) is 15.3 Å². The Labute approximate surface area is 214 Å². The zero-order valence-electron chi connectivity index (χ0n) is 17.8. The number of benzene rings is 3. The van der Waals surface area contributed by atoms with Crippen LogP contribution in [0.4, 0.5) is 0 Å². The average molecular weight is 554 g/mol. The Morgan fingerprint density at radius 3 is 2.68 bits per heavy atom. The van der Waals surface area contributed by atoms with Crippen LogP contribution in [-0.2, 0) is 13.1 Å². The van der Waals surface area contributed by atoms with E-state index >= 15 is 0 Å². The number of carbonyl (C=O) groups excluding carboxylic acids is 1. The van der Waals surface area contributed by atoms with Crippen molar-refractivity contribution in [2.45, 2.75) is 13.1 Å². The lowest BCUT2D eigenvalue weighted by atomic mass is 10.0. The molecule has 5 aromatic rings. The van der Waals surface area contributed by atoms with Gasteiger partial charge in [-0.05, 0) is 41.5 Å². The number of hydrogen-bond acceptors (Lipinski definition) is 3. The third-order valence-corrected chi connectivity index (χ3v) is 7.00. The molecule has 0 radical (unpaired) electrons. The minimum Gasteiger partial charge on any atom is -0.360 e. The van der Waals surface area contributed by atoms with Crippen LogP contribution >= 0.6 is 39.1 Å². The van der Waals surface area contributed by atoms with Gasteiger partial charge in [0.05, 0.1) is 26.8 Å². The Bertz CT molecular complexity index is 1560. The van der Waals surface area contributed by atoms with Crippen LogP contribution in [0.2, 0.25) is 10.0 Å². The number of carbonyl (C=O) groups is 1. The van der Waals surface area contributed by atoms with Gasteiger partial charge in [0.25, 0.3) is 5.91 Å². The highest BCUT2D eigenvalue weighted by molar-refractivity contribution is 9.10. The molecule has 0 aliphatic carbocycles. The summed E-state index contributed by atoms with van der Waals surface area (Å²) in [7, 11) is 0. The number of pyridine rings is 1. The summed E-state index contributed by atoms with van der Waals surface area (Å²) in [6.07, 6.45) is 1.88. The number of amides is 1. The molecule has 1 amide bonds. The fraction of sp³-hybridized carbons (Fsp3) is 0.0769. The predicted octanol–water partition coefficient (Wildman–Crippen LogP) is 6.84. The monoisotopic (exact) mass is 552 g/mol. The second-order valence-corrected chi connectivity index (χ2v) is 9.61. The Morgan fingerprint density at radius 2 is 1.85 bits per heavy atom. The first kappa shape index (κ1) is 22.9. The predicted molar refractivity (Wildman–Crippen MR) is 142 cm³/mol. The van der Waals surface area contributed by atoms with Crippen LogP contribution in [0.3, 0.4) is 0 Å². The summed E-state index contributed by atoms with van der Waals surface area (Å²) in [6.45, 7) is 0.813. The second-order valence-electron chi connectivity index (χ2n) is 7.91. The summed E-state index contributed by atoms with van der Waals surface area (Å²) >= 11 is 16.4. The lowest BCUT2D eigenvalue weighted by Crippen LogP contribution is -2.23. The van der Waals surface area contributed by atoms with Gasteiger partial charge in [0.1, 0.15) is 0 Å². The number of nitrogens with two attached hydrogens (primary N) is 1. The first-order chi connectivity index (χ1) is 16.4. The van der Waals surface area contributed by atoms with Gasteiger partial charge in [0, 0.05) is 45.6 Å². The molecule has 34 heavy (non-hydrogen) atoms. The lowest BCUT2D eigenvalue weighted by molar-refractivity contribution is 0.0952. The van der Waals surface area contributed by atoms with Crippen molar-refractivity contribution in [2.24, 2.45) is 5.73 Å². The summed E-state index contributed by atoms with van der Waals surface area (Å²) < 4.78 is 0.945. The number of aromatic nitrogens is 2. The van der Waals surface area contributed by atoms with Crippen LogP contribution in [0, 0.1) is 0 Å². The standard InChI is InChI=1S/C26H19BrCl2N4O/c27-16-4-7-22-18(9-16)20(13-31-22)23-10-19(17-5-6-21(28)24(29)25(17)33-23)26(34)32-12-15-3-1-2-14(8-15)11-30/h1-10,13,31H,11-12,30H2,(H,32,34). The molecular formula is C26H19BrCl2N4O. The number of aromatic amines is 1. The van der Waals surface area contributed by atoms with E-state index in [9.17, 15) is 4.79 Å². The molecule has 0 bridgehead atoms. The van der Waals surface area contributed by atoms with Gasteiger partial charge in [0.15, 0.2) is 0 Å². The second kappa shape index (κ2) is 9.39. The summed E-state index contributed by atoms with van der Waals surface area (Å²) in [4.78, 5) is 21.4. The minimum absolute atomic E-state index is 0.230. The average Bonchev–Trinajstić information content (AvgIpc) is 3.27. The molecule has 0 aliphatic heterocycles. The fourth-order valence-corrected chi connectivity index (χ4v) is 4.73. The summed E-state index contributed by atoms with van der Waals surface area (Å²) in [5, 5.41) is 5.31. The van der Waals surface area contributed by atoms with E-state index in [1.165, 1.54) is 0 Å². The number of nitrogens with one attached hydrogen (secondary N) is 2. The smallest absolute Gasteiger partial charge is 0.252 e. The maximum atomic E-state index is 13.4. The topological polar surface area (TPSA) is 83.8 Å². The Morgan fingerprint density at radius 1 is 1.03 bits per heavy atom. The van der Waals surface area contributed by atoms with E-state index in [4.69, 9.17) is 33.9 Å². The SMILES string of the molecule is NCc1cccc(CNC(=O)c2cc(-c3c[nH]c4ccc(Br)cc34)nc3c(Cl)c(Cl)ccc23)c1. The molecule has 0 unspecified atom stereocenters. The molecule has 5 rings (SSSR count). The highest BCUT2D eigenvalue weighted by Gasteiger charge is 2.18. The highest BCUT2D eigenvalue weighted by Crippen LogP contribution is 2.36. The van der Waals surface area contributed by atoms with Crippen LogP contribution < -0.4 is 11.1 Å². The van der Waals surface area contributed by atoms with Gasteiger partial charge >= 0.3 is 0 Å². The van der Waals surface area contributed by atoms with E-state index in [0.717, 1.165) is 32.1 Å². The van der Waals surface area contributed by atoms with Crippen molar-refractivity contribution in [2.75, 3.05) is 0 Å². The number of rotatable bonds is 5. The molecule has 0 spiro atoms. The largest absolute Gasteiger partial charge is 0.360 e. The maximum Gasteiger partial charge on any atom is 0.252 e. The molecule has 3 aromatic carbocycles. The van der Waals surface area contributed by atoms with E-state index in [-0.39, 0.29) is 5.91 Å². The molecule has 2 heterocycles. The Kier molecular flexibility index (Phi) is 6.32. The van der Waals surface area contributed by atoms with Crippen molar-refractivity contribution in [1.29, 1.82) is 0 Å². The molecule has 170 valence electrons. The molecule has 5 nitrogen and oxygen atoms in total. The normalized spacial score (nSPS) is 11.3. The summed E-state index contributed by atoms with van der Waals surface area (Å²) in [5.74, 6) is -0.230. The fourth-order valence-electron chi connectivity index (χ4n) is 4.01. The molecule has 0 saturated carbocycles. The van der Waals surface area contributed by atoms with Crippen molar-refractivity contribution >= 4 is 66.8 Å². The number of halogens is 3. The summed E-state index contributed by atoms with van der Waals surface area (Å²) in [5.41, 5.74) is 11.1. The molecular weight excluding hydrogens is 535 g/mol. The van der Waals surface area contributed by atoms with Crippen LogP contribution in [0.25, 0.3) is 33.1 Å². The van der Waals surface area contributed by atoms with Gasteiger partial charge < -0.3 is 16.0 Å². The number of hydrogen-bond donors (Lipinski definition) is 3. The minimum atomic E-state index is -0.230. The maximum absolute atomic E-state index is 13.4. The lowest BCUT2D eigenvalue weighted by Gasteiger charge is -2.12. The van der Waals surface area contributed by atoms with Gasteiger partial charge in [-0.15, -0.1) is 0 Å². The van der Waals surface area contributed by atoms with Crippen LogP contribution in [0.5, 0.6) is 0 Å². The Balaban J connectivity index is 1.61. The molecule has 0 atom stereocenters. The van der Waals surface area contributed by atoms with Crippen LogP contribution in [0.15, 0.2) is 71.3 Å². The van der Waals surface area contributed by atoms with Gasteiger partial charge in [0.2, 0.25) is 0 Å². The zero-order valence-corrected chi connectivity index (χ0v) is 20.9. The van der Waals surface area contributed by atoms with Gasteiger partial charge in [-0.25, -0.2) is 4.98 Å². The summed E-state index contributed by atoms with van der Waals surface area (Å²) in [6, 6.07) is 19.0. The van der Waals surface area contributed by atoms with E-state index in [0.29, 0.717) is 45.3 Å². The first-order valence-electron chi connectivity index (χ1n) is 10.6. The first-order valence-corrected chi connectivity index (χ1v) is 12.1. The molecule has 4 N–H and O–H groups in total. The van der Waals surface area contributed by atoms with Gasteiger partial charge in [-0.1, -0.05) is 69.5 Å². The van der Waals surface area contributed by atoms with Gasteiger partial charge in [-0.2, -0.15) is 0 Å². The number of H-pyrrole nitrogens is 1. The van der Waals surface area contributed by atoms with Gasteiger partial charge in [-0.3, -0.25) is 4.79 Å². The third-order valence-electron chi connectivity index (χ3n) is 5.72. The van der Waals surface area contributed by atoms with Crippen molar-refractivity contribution in [3.8, 4) is 11.3 Å². The number of fused-ring (bicyclic) bond motifs is 2. The molecule has 2 aromatic heterocycles. The van der Waals surface area contributed by atoms with E-state index in [2.05, 4.69) is 26.2 Å². The van der Waals surface area contributed by atoms with E-state index in [1.807, 2.05) is 48.7 Å². The molecule has 0 aliphatic rings.